The summed E-state index contributed by atoms with van der Waals surface area (Å²) in [5, 5.41) is 0. The Morgan fingerprint density at radius 2 is 1.39 bits per heavy atom. The lowest BCUT2D eigenvalue weighted by molar-refractivity contribution is 0.148. The highest BCUT2D eigenvalue weighted by atomic mass is 19.1. The van der Waals surface area contributed by atoms with E-state index in [4.69, 9.17) is 0 Å². The third-order valence-electron chi connectivity index (χ3n) is 7.57. The number of hydrogen-bond acceptors (Lipinski definition) is 0. The van der Waals surface area contributed by atoms with Crippen molar-refractivity contribution in [3.8, 4) is 11.1 Å². The minimum absolute atomic E-state index is 0.167. The van der Waals surface area contributed by atoms with E-state index in [2.05, 4.69) is 31.2 Å². The molecule has 150 valence electrons. The molecule has 0 atom stereocenters. The van der Waals surface area contributed by atoms with E-state index in [-0.39, 0.29) is 5.82 Å². The fourth-order valence-corrected chi connectivity index (χ4v) is 5.61. The first-order valence-corrected chi connectivity index (χ1v) is 11.5. The molecule has 0 radical (unpaired) electrons. The van der Waals surface area contributed by atoms with Gasteiger partial charge >= 0.3 is 0 Å². The molecule has 2 aromatic rings. The Bertz CT molecular complexity index is 731. The molecule has 0 unspecified atom stereocenters. The van der Waals surface area contributed by atoms with Gasteiger partial charge in [0.25, 0.3) is 0 Å². The standard InChI is InChI=1S/C27H35F/c1-20-5-13-23(14-6-20)24-15-9-21(10-16-24)7-8-22-11-17-25(18-12-22)26-3-2-4-27(28)19-26/h2-4,11-12,17-21,23-24H,5-10,13-16H2,1H3. The molecule has 28 heavy (non-hydrogen) atoms. The summed E-state index contributed by atoms with van der Waals surface area (Å²) >= 11 is 0. The topological polar surface area (TPSA) is 0 Å². The van der Waals surface area contributed by atoms with Crippen LogP contribution in [-0.2, 0) is 6.42 Å². The first-order valence-electron chi connectivity index (χ1n) is 11.5. The van der Waals surface area contributed by atoms with Crippen LogP contribution in [0.15, 0.2) is 48.5 Å². The molecule has 2 saturated carbocycles. The van der Waals surface area contributed by atoms with E-state index >= 15 is 0 Å². The Morgan fingerprint density at radius 3 is 2.04 bits per heavy atom. The SMILES string of the molecule is CC1CCC(C2CCC(CCc3ccc(-c4cccc(F)c4)cc3)CC2)CC1. The van der Waals surface area contributed by atoms with E-state index < -0.39 is 0 Å². The van der Waals surface area contributed by atoms with Crippen molar-refractivity contribution in [2.45, 2.75) is 71.1 Å². The van der Waals surface area contributed by atoms with E-state index in [1.165, 1.54) is 75.8 Å². The van der Waals surface area contributed by atoms with Crippen molar-refractivity contribution in [3.05, 3.63) is 59.9 Å². The van der Waals surface area contributed by atoms with Crippen molar-refractivity contribution in [1.29, 1.82) is 0 Å². The smallest absolute Gasteiger partial charge is 0.123 e. The largest absolute Gasteiger partial charge is 0.207 e. The van der Waals surface area contributed by atoms with Crippen LogP contribution in [0.3, 0.4) is 0 Å². The third kappa shape index (κ3) is 5.04. The van der Waals surface area contributed by atoms with Crippen molar-refractivity contribution >= 4 is 0 Å². The summed E-state index contributed by atoms with van der Waals surface area (Å²) in [5.41, 5.74) is 3.48. The zero-order valence-electron chi connectivity index (χ0n) is 17.4. The predicted molar refractivity (Wildman–Crippen MR) is 117 cm³/mol. The summed E-state index contributed by atoms with van der Waals surface area (Å²) in [6.07, 6.45) is 14.3. The monoisotopic (exact) mass is 378 g/mol. The van der Waals surface area contributed by atoms with Gasteiger partial charge in [0.2, 0.25) is 0 Å². The molecule has 4 rings (SSSR count). The lowest BCUT2D eigenvalue weighted by Gasteiger charge is -2.37. The van der Waals surface area contributed by atoms with E-state index in [0.29, 0.717) is 0 Å². The molecule has 0 bridgehead atoms. The average molecular weight is 379 g/mol. The highest BCUT2D eigenvalue weighted by Crippen LogP contribution is 2.42. The normalized spacial score (nSPS) is 28.2. The average Bonchev–Trinajstić information content (AvgIpc) is 2.74. The molecule has 0 aromatic heterocycles. The molecular formula is C27H35F. The van der Waals surface area contributed by atoms with Crippen LogP contribution in [0.5, 0.6) is 0 Å². The Hall–Kier alpha value is -1.63. The maximum absolute atomic E-state index is 13.4. The van der Waals surface area contributed by atoms with E-state index in [0.717, 1.165) is 34.8 Å². The molecule has 0 aliphatic heterocycles. The Balaban J connectivity index is 1.23. The van der Waals surface area contributed by atoms with Gasteiger partial charge in [0.15, 0.2) is 0 Å². The van der Waals surface area contributed by atoms with E-state index in [1.807, 2.05) is 6.07 Å². The number of benzene rings is 2. The molecule has 0 amide bonds. The zero-order chi connectivity index (χ0) is 19.3. The molecule has 2 aromatic carbocycles. The highest BCUT2D eigenvalue weighted by Gasteiger charge is 2.29. The van der Waals surface area contributed by atoms with Gasteiger partial charge in [0.1, 0.15) is 5.82 Å². The molecule has 0 saturated heterocycles. The number of hydrogen-bond donors (Lipinski definition) is 0. The molecular weight excluding hydrogens is 343 g/mol. The van der Waals surface area contributed by atoms with Crippen LogP contribution >= 0.6 is 0 Å². The second kappa shape index (κ2) is 9.25. The van der Waals surface area contributed by atoms with Gasteiger partial charge < -0.3 is 0 Å². The number of aryl methyl sites for hydroxylation is 1. The summed E-state index contributed by atoms with van der Waals surface area (Å²) in [6.45, 7) is 2.43. The summed E-state index contributed by atoms with van der Waals surface area (Å²) in [4.78, 5) is 0. The Labute approximate surface area is 170 Å². The van der Waals surface area contributed by atoms with Crippen molar-refractivity contribution in [1.82, 2.24) is 0 Å². The summed E-state index contributed by atoms with van der Waals surface area (Å²) < 4.78 is 13.4. The van der Waals surface area contributed by atoms with Gasteiger partial charge in [-0.3, -0.25) is 0 Å². The van der Waals surface area contributed by atoms with E-state index in [1.54, 1.807) is 12.1 Å². The molecule has 0 heterocycles. The number of rotatable bonds is 5. The van der Waals surface area contributed by atoms with Crippen LogP contribution in [0.2, 0.25) is 0 Å². The predicted octanol–water partition coefficient (Wildman–Crippen LogP) is 8.06. The Kier molecular flexibility index (Phi) is 6.50. The van der Waals surface area contributed by atoms with Crippen molar-refractivity contribution < 1.29 is 4.39 Å². The molecule has 2 fully saturated rings. The van der Waals surface area contributed by atoms with Crippen LogP contribution in [0.25, 0.3) is 11.1 Å². The molecule has 0 nitrogen and oxygen atoms in total. The minimum atomic E-state index is -0.167. The lowest BCUT2D eigenvalue weighted by Crippen LogP contribution is -2.25. The van der Waals surface area contributed by atoms with Gasteiger partial charge in [-0.05, 0) is 91.0 Å². The quantitative estimate of drug-likeness (QED) is 0.493. The lowest BCUT2D eigenvalue weighted by atomic mass is 9.69. The zero-order valence-corrected chi connectivity index (χ0v) is 17.4. The van der Waals surface area contributed by atoms with Gasteiger partial charge in [-0.1, -0.05) is 69.0 Å². The number of halogens is 1. The molecule has 1 heteroatoms. The minimum Gasteiger partial charge on any atom is -0.207 e. The molecule has 0 spiro atoms. The second-order valence-corrected chi connectivity index (χ2v) is 9.55. The van der Waals surface area contributed by atoms with Crippen molar-refractivity contribution in [3.63, 3.8) is 0 Å². The fourth-order valence-electron chi connectivity index (χ4n) is 5.61. The van der Waals surface area contributed by atoms with Gasteiger partial charge in [-0.15, -0.1) is 0 Å². The fraction of sp³-hybridized carbons (Fsp3) is 0.556. The van der Waals surface area contributed by atoms with Gasteiger partial charge in [-0.2, -0.15) is 0 Å². The molecule has 2 aliphatic rings. The van der Waals surface area contributed by atoms with Crippen LogP contribution in [0.4, 0.5) is 4.39 Å². The van der Waals surface area contributed by atoms with Crippen LogP contribution in [0, 0.1) is 29.5 Å². The summed E-state index contributed by atoms with van der Waals surface area (Å²) in [6, 6.07) is 15.6. The van der Waals surface area contributed by atoms with Gasteiger partial charge in [-0.25, -0.2) is 4.39 Å². The molecule has 0 N–H and O–H groups in total. The highest BCUT2D eigenvalue weighted by molar-refractivity contribution is 5.63. The van der Waals surface area contributed by atoms with Crippen molar-refractivity contribution in [2.75, 3.05) is 0 Å². The first-order chi connectivity index (χ1) is 13.7. The van der Waals surface area contributed by atoms with E-state index in [9.17, 15) is 4.39 Å². The first kappa shape index (κ1) is 19.7. The van der Waals surface area contributed by atoms with Crippen molar-refractivity contribution in [2.24, 2.45) is 23.7 Å². The second-order valence-electron chi connectivity index (χ2n) is 9.55. The Morgan fingerprint density at radius 1 is 0.750 bits per heavy atom. The van der Waals surface area contributed by atoms with Crippen LogP contribution < -0.4 is 0 Å². The van der Waals surface area contributed by atoms with Gasteiger partial charge in [0.05, 0.1) is 0 Å². The molecule has 2 aliphatic carbocycles. The van der Waals surface area contributed by atoms with Crippen LogP contribution in [0.1, 0.15) is 70.3 Å². The van der Waals surface area contributed by atoms with Gasteiger partial charge in [0, 0.05) is 0 Å². The van der Waals surface area contributed by atoms with Crippen LogP contribution in [-0.4, -0.2) is 0 Å². The maximum Gasteiger partial charge on any atom is 0.123 e. The maximum atomic E-state index is 13.4. The summed E-state index contributed by atoms with van der Waals surface area (Å²) in [5.74, 6) is 3.78. The third-order valence-corrected chi connectivity index (χ3v) is 7.57. The summed E-state index contributed by atoms with van der Waals surface area (Å²) in [7, 11) is 0.